The molecule has 1 amide bonds. The van der Waals surface area contributed by atoms with Gasteiger partial charge in [-0.05, 0) is 66.6 Å². The van der Waals surface area contributed by atoms with Crippen LogP contribution in [0.3, 0.4) is 0 Å². The smallest absolute Gasteiger partial charge is 0.325 e. The van der Waals surface area contributed by atoms with E-state index in [4.69, 9.17) is 9.47 Å². The zero-order valence-corrected chi connectivity index (χ0v) is 29.7. The highest BCUT2D eigenvalue weighted by molar-refractivity contribution is 6.11. The quantitative estimate of drug-likeness (QED) is 0.105. The summed E-state index contributed by atoms with van der Waals surface area (Å²) in [6.07, 6.45) is 4.07. The van der Waals surface area contributed by atoms with E-state index in [1.807, 2.05) is 65.6 Å². The summed E-state index contributed by atoms with van der Waals surface area (Å²) in [4.78, 5) is 45.4. The third-order valence-electron chi connectivity index (χ3n) is 11.5. The lowest BCUT2D eigenvalue weighted by Gasteiger charge is -2.46. The Morgan fingerprint density at radius 2 is 1.54 bits per heavy atom. The number of carboxylic acid groups (broad SMARTS) is 1. The van der Waals surface area contributed by atoms with Crippen LogP contribution in [0.15, 0.2) is 103 Å². The Kier molecular flexibility index (Phi) is 9.48. The number of nitrogens with one attached hydrogen (secondary N) is 1. The first kappa shape index (κ1) is 35.6. The van der Waals surface area contributed by atoms with Gasteiger partial charge in [0.25, 0.3) is 0 Å². The third-order valence-corrected chi connectivity index (χ3v) is 11.5. The number of ether oxygens (including phenoxy) is 2. The van der Waals surface area contributed by atoms with Gasteiger partial charge < -0.3 is 30.1 Å². The fourth-order valence-corrected chi connectivity index (χ4v) is 9.24. The van der Waals surface area contributed by atoms with E-state index in [2.05, 4.69) is 17.2 Å². The molecular formula is C44H42N2O8. The first-order valence-corrected chi connectivity index (χ1v) is 18.6. The molecule has 2 saturated heterocycles. The molecule has 0 bridgehead atoms. The van der Waals surface area contributed by atoms with Crippen molar-refractivity contribution in [3.8, 4) is 17.6 Å². The van der Waals surface area contributed by atoms with Gasteiger partial charge >= 0.3 is 11.9 Å². The largest absolute Gasteiger partial charge is 0.491 e. The van der Waals surface area contributed by atoms with Crippen molar-refractivity contribution in [3.05, 3.63) is 131 Å². The van der Waals surface area contributed by atoms with Crippen LogP contribution in [-0.4, -0.2) is 62.9 Å². The Morgan fingerprint density at radius 1 is 0.870 bits per heavy atom. The van der Waals surface area contributed by atoms with Gasteiger partial charge in [0.1, 0.15) is 41.4 Å². The van der Waals surface area contributed by atoms with Crippen molar-refractivity contribution < 1.29 is 39.2 Å². The predicted octanol–water partition coefficient (Wildman–Crippen LogP) is 5.85. The Morgan fingerprint density at radius 3 is 2.22 bits per heavy atom. The average molecular weight is 727 g/mol. The molecule has 8 rings (SSSR count). The zero-order valence-electron chi connectivity index (χ0n) is 29.7. The number of para-hydroxylation sites is 1. The van der Waals surface area contributed by atoms with E-state index in [0.717, 1.165) is 31.2 Å². The number of rotatable bonds is 7. The summed E-state index contributed by atoms with van der Waals surface area (Å²) in [7, 11) is 0. The summed E-state index contributed by atoms with van der Waals surface area (Å²) in [6.45, 7) is -0.328. The molecule has 54 heavy (non-hydrogen) atoms. The zero-order chi connectivity index (χ0) is 37.5. The van der Waals surface area contributed by atoms with E-state index < -0.39 is 59.0 Å². The number of nitrogens with zero attached hydrogens (tertiary/aromatic N) is 1. The minimum absolute atomic E-state index is 0.0508. The second kappa shape index (κ2) is 14.4. The number of carboxylic acids is 1. The van der Waals surface area contributed by atoms with Crippen LogP contribution < -0.4 is 10.1 Å². The van der Waals surface area contributed by atoms with Gasteiger partial charge in [-0.25, -0.2) is 0 Å². The molecule has 3 heterocycles. The number of aliphatic hydroxyl groups is 2. The number of esters is 1. The first-order valence-electron chi connectivity index (χ1n) is 18.6. The Bertz CT molecular complexity index is 2120. The summed E-state index contributed by atoms with van der Waals surface area (Å²) >= 11 is 0. The topological polar surface area (TPSA) is 146 Å². The molecule has 4 aliphatic rings. The highest BCUT2D eigenvalue weighted by Gasteiger charge is 2.74. The van der Waals surface area contributed by atoms with Gasteiger partial charge in [-0.15, -0.1) is 0 Å². The lowest BCUT2D eigenvalue weighted by Crippen LogP contribution is -2.52. The van der Waals surface area contributed by atoms with E-state index >= 15 is 4.79 Å². The monoisotopic (exact) mass is 726 g/mol. The molecule has 4 aromatic rings. The Hall–Kier alpha value is -5.47. The summed E-state index contributed by atoms with van der Waals surface area (Å²) in [5.41, 5.74) is 0.208. The summed E-state index contributed by atoms with van der Waals surface area (Å²) in [5.74, 6) is 2.33. The van der Waals surface area contributed by atoms with E-state index in [1.54, 1.807) is 42.5 Å². The first-order chi connectivity index (χ1) is 26.3. The maximum Gasteiger partial charge on any atom is 0.325 e. The lowest BCUT2D eigenvalue weighted by atomic mass is 9.65. The number of cyclic esters (lactones) is 1. The number of hydrogen-bond acceptors (Lipinski definition) is 8. The highest BCUT2D eigenvalue weighted by Crippen LogP contribution is 2.65. The molecule has 276 valence electrons. The van der Waals surface area contributed by atoms with Crippen LogP contribution >= 0.6 is 0 Å². The molecule has 6 unspecified atom stereocenters. The maximum absolute atomic E-state index is 15.0. The number of aliphatic hydroxyl groups excluding tert-OH is 1. The van der Waals surface area contributed by atoms with Gasteiger partial charge in [0, 0.05) is 16.8 Å². The van der Waals surface area contributed by atoms with Crippen LogP contribution in [-0.2, 0) is 24.5 Å². The van der Waals surface area contributed by atoms with Crippen molar-refractivity contribution in [1.82, 2.24) is 4.90 Å². The van der Waals surface area contributed by atoms with Crippen LogP contribution in [0.25, 0.3) is 0 Å². The number of carbonyl (C=O) groups excluding carboxylic acids is 2. The van der Waals surface area contributed by atoms with Crippen LogP contribution in [0.2, 0.25) is 0 Å². The molecule has 10 nitrogen and oxygen atoms in total. The molecule has 4 aromatic carbocycles. The van der Waals surface area contributed by atoms with Crippen LogP contribution in [0.5, 0.6) is 5.75 Å². The standard InChI is InChI=1S/C44H42N2O8/c47-25-26-53-34-18-10-9-17-31(34)39-44(32-27-28(19-20-33(32)45-42(44)51)21-24-43(52)22-11-1-2-12-23-43)35(40(48)49)37-41(50)54-38(30-15-7-4-8-16-30)36(46(37)39)29-13-5-3-6-14-29/h3-10,13-20,27,35-39,47,52H,1-2,11-12,22-23,25-26H2,(H,45,51)(H,48,49). The molecule has 4 N–H and O–H groups in total. The lowest BCUT2D eigenvalue weighted by molar-refractivity contribution is -0.179. The number of amides is 1. The molecule has 3 fully saturated rings. The maximum atomic E-state index is 15.0. The average Bonchev–Trinajstić information content (AvgIpc) is 3.55. The summed E-state index contributed by atoms with van der Waals surface area (Å²) in [5, 5.41) is 35.5. The third kappa shape index (κ3) is 5.93. The van der Waals surface area contributed by atoms with Gasteiger partial charge in [-0.3, -0.25) is 19.3 Å². The molecule has 1 spiro atoms. The van der Waals surface area contributed by atoms with Gasteiger partial charge in [0.15, 0.2) is 0 Å². The molecule has 3 aliphatic heterocycles. The van der Waals surface area contributed by atoms with Crippen molar-refractivity contribution >= 4 is 23.5 Å². The molecule has 0 aromatic heterocycles. The molecule has 0 radical (unpaired) electrons. The van der Waals surface area contributed by atoms with Crippen LogP contribution in [0.4, 0.5) is 5.69 Å². The minimum Gasteiger partial charge on any atom is -0.491 e. The van der Waals surface area contributed by atoms with Crippen molar-refractivity contribution in [2.45, 2.75) is 73.8 Å². The van der Waals surface area contributed by atoms with E-state index in [0.29, 0.717) is 46.5 Å². The van der Waals surface area contributed by atoms with Gasteiger partial charge in [-0.2, -0.15) is 0 Å². The number of fused-ring (bicyclic) bond motifs is 3. The molecule has 1 saturated carbocycles. The van der Waals surface area contributed by atoms with Crippen molar-refractivity contribution in [2.75, 3.05) is 18.5 Å². The minimum atomic E-state index is -1.89. The SMILES string of the molecule is O=C1OC(c2ccccc2)C(c2ccccc2)N2C1C(C(=O)O)C1(C(=O)Nc3ccc(C#CC4(O)CCCCCC4)cc31)C2c1ccccc1OCCO. The number of aliphatic carboxylic acids is 1. The fraction of sp³-hybridized carbons (Fsp3) is 0.341. The Balaban J connectivity index is 1.40. The molecule has 6 atom stereocenters. The fourth-order valence-electron chi connectivity index (χ4n) is 9.24. The molecule has 1 aliphatic carbocycles. The second-order valence-corrected chi connectivity index (χ2v) is 14.6. The molecule has 10 heteroatoms. The van der Waals surface area contributed by atoms with Crippen LogP contribution in [0.1, 0.15) is 84.5 Å². The summed E-state index contributed by atoms with van der Waals surface area (Å²) < 4.78 is 12.4. The van der Waals surface area contributed by atoms with E-state index in [-0.39, 0.29) is 13.2 Å². The van der Waals surface area contributed by atoms with Gasteiger partial charge in [-0.1, -0.05) is 104 Å². The number of hydrogen-bond donors (Lipinski definition) is 4. The van der Waals surface area contributed by atoms with Gasteiger partial charge in [0.2, 0.25) is 5.91 Å². The second-order valence-electron chi connectivity index (χ2n) is 14.6. The van der Waals surface area contributed by atoms with E-state index in [1.165, 1.54) is 0 Å². The van der Waals surface area contributed by atoms with Gasteiger partial charge in [0.05, 0.1) is 18.7 Å². The predicted molar refractivity (Wildman–Crippen MR) is 199 cm³/mol. The van der Waals surface area contributed by atoms with Crippen molar-refractivity contribution in [2.24, 2.45) is 5.92 Å². The highest BCUT2D eigenvalue weighted by atomic mass is 16.6. The number of carbonyl (C=O) groups is 3. The van der Waals surface area contributed by atoms with E-state index in [9.17, 15) is 24.9 Å². The molecular weight excluding hydrogens is 684 g/mol. The van der Waals surface area contributed by atoms with Crippen LogP contribution in [0, 0.1) is 17.8 Å². The summed E-state index contributed by atoms with van der Waals surface area (Å²) in [6, 6.07) is 27.8. The van der Waals surface area contributed by atoms with Crippen molar-refractivity contribution in [1.29, 1.82) is 0 Å². The number of morpholine rings is 1. The number of anilines is 1. The Labute approximate surface area is 313 Å². The number of benzene rings is 4. The van der Waals surface area contributed by atoms with Crippen molar-refractivity contribution in [3.63, 3.8) is 0 Å². The normalized spacial score (nSPS) is 27.1.